The molecule has 140 heavy (non-hydrogen) atoms. The van der Waals surface area contributed by atoms with Crippen molar-refractivity contribution < 1.29 is 66.9 Å². The fourth-order valence-corrected chi connectivity index (χ4v) is 20.5. The topological polar surface area (TPSA) is 413 Å². The maximum absolute atomic E-state index is 12.1. The van der Waals surface area contributed by atoms with E-state index >= 15 is 0 Å². The number of nitrogens with zero attached hydrogens (tertiary/aromatic N) is 10. The molecule has 0 radical (unpaired) electrons. The second kappa shape index (κ2) is 45.9. The maximum Gasteiger partial charge on any atom is 0.411 e. The third-order valence-electron chi connectivity index (χ3n) is 22.5. The summed E-state index contributed by atoms with van der Waals surface area (Å²) in [5.41, 5.74) is 17.0. The highest BCUT2D eigenvalue weighted by Crippen LogP contribution is 2.43. The third-order valence-corrected chi connectivity index (χ3v) is 29.0. The van der Waals surface area contributed by atoms with E-state index in [2.05, 4.69) is 85.4 Å². The zero-order valence-corrected chi connectivity index (χ0v) is 82.5. The Morgan fingerprint density at radius 1 is 0.379 bits per heavy atom. The molecule has 0 atom stereocenters. The third kappa shape index (κ3) is 23.2. The summed E-state index contributed by atoms with van der Waals surface area (Å²) in [5.74, 6) is 4.04. The van der Waals surface area contributed by atoms with Gasteiger partial charge in [0.05, 0.1) is 148 Å². The molecule has 1 saturated carbocycles. The average molecular weight is 2000 g/mol. The number of halogens is 2. The number of carbonyl (C=O) groups excluding carboxylic acids is 1. The van der Waals surface area contributed by atoms with Crippen molar-refractivity contribution in [3.63, 3.8) is 0 Å². The van der Waals surface area contributed by atoms with Crippen molar-refractivity contribution in [2.24, 2.45) is 0 Å². The molecule has 30 nitrogen and oxygen atoms in total. The number of aromatic nitrogens is 5. The van der Waals surface area contributed by atoms with Crippen LogP contribution < -0.4 is 47.9 Å². The highest BCUT2D eigenvalue weighted by molar-refractivity contribution is 7.94. The summed E-state index contributed by atoms with van der Waals surface area (Å²) in [4.78, 5) is 11.7. The fourth-order valence-electron chi connectivity index (χ4n) is 15.8. The predicted molar refractivity (Wildman–Crippen MR) is 559 cm³/mol. The zero-order valence-electron chi connectivity index (χ0n) is 77.7. The van der Waals surface area contributed by atoms with Gasteiger partial charge < -0.3 is 51.3 Å². The number of nitriles is 5. The van der Waals surface area contributed by atoms with E-state index in [9.17, 15) is 64.8 Å². The number of anilines is 5. The minimum Gasteiger partial charge on any atom is -0.497 e. The largest absolute Gasteiger partial charge is 0.497 e. The summed E-state index contributed by atoms with van der Waals surface area (Å²) in [7, 11) is -5.48. The number of amides is 1. The SMILES string of the molecule is C=Cn1c(-c2ccc(NS(=O)(=O)C3CC3)cc2)c(C#N)c2ccc(OC)cc21.C=Cn1c(-c2ccc(NS(=O)(=O)CC)cc2)c(C#N)c2ccc(OC)cc21.C=Cn1c(-c2ccc(NS(=O)(=O)CCC)cc2)c(C#N)c2ccc(OC)cc21.C=Cn1c(-c2ccc(NS(=O)(=O)CCCCl)cc2)c(C#N)c2ccc(OC)cc21.CCn1c(-c2ccc(NC(=O)OCCCl)cc2)c(C#N)c2ccc(OC)cc21. The Kier molecular flexibility index (Phi) is 33.8. The molecule has 1 aliphatic carbocycles. The van der Waals surface area contributed by atoms with Crippen LogP contribution in [0.2, 0.25) is 0 Å². The second-order valence-corrected chi connectivity index (χ2v) is 39.5. The number of alkyl halides is 2. The Balaban J connectivity index is 0.000000157. The van der Waals surface area contributed by atoms with Crippen LogP contribution in [-0.2, 0) is 51.4 Å². The molecule has 5 heterocycles. The van der Waals surface area contributed by atoms with Crippen molar-refractivity contribution in [3.8, 4) is 115 Å². The number of nitrogens with one attached hydrogen (secondary N) is 5. The van der Waals surface area contributed by atoms with Crippen molar-refractivity contribution in [3.05, 3.63) is 266 Å². The Hall–Kier alpha value is -15.8. The van der Waals surface area contributed by atoms with E-state index in [-0.39, 0.29) is 40.9 Å². The molecule has 5 aromatic heterocycles. The highest BCUT2D eigenvalue weighted by Gasteiger charge is 2.36. The lowest BCUT2D eigenvalue weighted by atomic mass is 10.1. The number of methoxy groups -OCH3 is 5. The van der Waals surface area contributed by atoms with E-state index in [1.807, 2.05) is 129 Å². The van der Waals surface area contributed by atoms with Gasteiger partial charge in [-0.05, 0) is 166 Å². The van der Waals surface area contributed by atoms with Crippen LogP contribution in [0.25, 0.3) is 136 Å². The lowest BCUT2D eigenvalue weighted by Crippen LogP contribution is -2.17. The van der Waals surface area contributed by atoms with Crippen LogP contribution in [0, 0.1) is 56.7 Å². The average Bonchev–Trinajstić information content (AvgIpc) is 1.62. The van der Waals surface area contributed by atoms with E-state index in [1.54, 1.807) is 183 Å². The summed E-state index contributed by atoms with van der Waals surface area (Å²) in [6.07, 6.45) is 8.37. The smallest absolute Gasteiger partial charge is 0.411 e. The molecule has 10 aromatic carbocycles. The van der Waals surface area contributed by atoms with E-state index in [0.717, 1.165) is 93.8 Å². The van der Waals surface area contributed by atoms with Gasteiger partial charge in [0, 0.05) is 145 Å². The van der Waals surface area contributed by atoms with Crippen molar-refractivity contribution >= 4 is 177 Å². The molecule has 1 aliphatic rings. The van der Waals surface area contributed by atoms with E-state index in [1.165, 1.54) is 0 Å². The van der Waals surface area contributed by atoms with Crippen LogP contribution >= 0.6 is 23.2 Å². The molecule has 0 spiro atoms. The molecule has 0 aliphatic heterocycles. The van der Waals surface area contributed by atoms with Gasteiger partial charge in [-0.15, -0.1) is 23.2 Å². The Labute approximate surface area is 822 Å². The summed E-state index contributed by atoms with van der Waals surface area (Å²) < 4.78 is 147. The Morgan fingerprint density at radius 2 is 0.657 bits per heavy atom. The number of rotatable bonds is 33. The molecule has 718 valence electrons. The van der Waals surface area contributed by atoms with Crippen LogP contribution in [-0.4, -0.2) is 139 Å². The first-order valence-electron chi connectivity index (χ1n) is 43.6. The van der Waals surface area contributed by atoms with E-state index < -0.39 is 46.2 Å². The summed E-state index contributed by atoms with van der Waals surface area (Å²) >= 11 is 11.1. The van der Waals surface area contributed by atoms with Crippen LogP contribution in [0.15, 0.2) is 239 Å². The first kappa shape index (κ1) is 103. The molecule has 1 fully saturated rings. The van der Waals surface area contributed by atoms with Crippen LogP contribution in [0.1, 0.15) is 74.3 Å². The van der Waals surface area contributed by atoms with Crippen molar-refractivity contribution in [2.45, 2.75) is 58.2 Å². The van der Waals surface area contributed by atoms with Gasteiger partial charge in [0.1, 0.15) is 65.7 Å². The molecule has 5 N–H and O–H groups in total. The molecule has 15 aromatic rings. The lowest BCUT2D eigenvalue weighted by Gasteiger charge is -2.10. The molecule has 0 saturated heterocycles. The number of hydrogen-bond acceptors (Lipinski definition) is 20. The Bertz CT molecular complexity index is 7940. The van der Waals surface area contributed by atoms with E-state index in [4.69, 9.17) is 51.6 Å². The van der Waals surface area contributed by atoms with Gasteiger partial charge in [0.25, 0.3) is 0 Å². The number of fused-ring (bicyclic) bond motifs is 5. The molecular formula is C104H99Cl2N15O15S4. The van der Waals surface area contributed by atoms with Crippen LogP contribution in [0.5, 0.6) is 28.7 Å². The van der Waals surface area contributed by atoms with Gasteiger partial charge in [0.2, 0.25) is 40.1 Å². The summed E-state index contributed by atoms with van der Waals surface area (Å²) in [6, 6.07) is 74.2. The van der Waals surface area contributed by atoms with Gasteiger partial charge in [-0.3, -0.25) is 24.2 Å². The van der Waals surface area contributed by atoms with Crippen LogP contribution in [0.3, 0.4) is 0 Å². The second-order valence-electron chi connectivity index (χ2n) is 31.1. The monoisotopic (exact) mass is 2000 g/mol. The minimum atomic E-state index is -3.45. The number of benzene rings is 10. The maximum atomic E-state index is 12.1. The molecule has 16 rings (SSSR count). The first-order valence-corrected chi connectivity index (χ1v) is 51.2. The Morgan fingerprint density at radius 3 is 0.929 bits per heavy atom. The highest BCUT2D eigenvalue weighted by atomic mass is 35.5. The number of hydrogen-bond donors (Lipinski definition) is 5. The number of sulfonamides is 4. The van der Waals surface area contributed by atoms with Crippen molar-refractivity contribution in [1.82, 2.24) is 22.8 Å². The first-order chi connectivity index (χ1) is 67.4. The number of ether oxygens (including phenoxy) is 6. The summed E-state index contributed by atoms with van der Waals surface area (Å²) in [6.45, 7) is 21.8. The lowest BCUT2D eigenvalue weighted by molar-refractivity contribution is 0.168. The number of aryl methyl sites for hydroxylation is 1. The number of carbonyl (C=O) groups is 1. The zero-order chi connectivity index (χ0) is 101. The van der Waals surface area contributed by atoms with Gasteiger partial charge in [-0.1, -0.05) is 93.9 Å². The molecule has 0 bridgehead atoms. The predicted octanol–water partition coefficient (Wildman–Crippen LogP) is 22.3. The van der Waals surface area contributed by atoms with Gasteiger partial charge in [0.15, 0.2) is 0 Å². The van der Waals surface area contributed by atoms with Gasteiger partial charge >= 0.3 is 6.09 Å². The fraction of sp³-hybridized carbons (Fsp3) is 0.192. The molecule has 36 heteroatoms. The standard InChI is InChI=1S/C21H20ClN3O3S.C21H20ClN3O3.C21H19N3O3S.C21H21N3O3S.C20H19N3O3S/c1-3-25-20-13-17(28-2)9-10-18(20)19(14-23)21(25)15-5-7-16(8-6-15)24-29(26,27)12-4-11-22;1-3-25-19-12-16(27-2)8-9-17(19)18(13-23)20(25)14-4-6-15(7-5-14)24-21(26)28-11-10-22;1-3-24-20-12-16(27-2)8-11-18(20)19(13-22)21(24)14-4-6-15(7-5-14)23-28(25,26)17-9-10-17;1-4-12-28(25,26)23-16-8-6-15(7-9-16)21-19(14-22)18-11-10-17(27-3)13-20(18)24(21)5-2;1-4-23-19-12-16(26-3)10-11-17(19)18(13-21)20(23)14-6-8-15(9-7-14)22-27(24,25)5-2/h3,5-10,13,24H,1,4,11-12H2,2H3;4-9,12H,3,10-11H2,1-2H3,(H,24,26);3-8,11-12,17,23H,1,9-10H2,2H3;5-11,13,23H,2,4,12H2,1,3H3;4,6-12,22H,1,5H2,2-3H3. The summed E-state index contributed by atoms with van der Waals surface area (Å²) in [5, 5.41) is 55.2. The van der Waals surface area contributed by atoms with E-state index in [0.29, 0.717) is 134 Å². The molecule has 1 amide bonds. The van der Waals surface area contributed by atoms with Crippen molar-refractivity contribution in [2.75, 3.05) is 95.4 Å². The normalized spacial score (nSPS) is 11.6. The van der Waals surface area contributed by atoms with Gasteiger partial charge in [-0.25, -0.2) is 38.5 Å². The van der Waals surface area contributed by atoms with Gasteiger partial charge in [-0.2, -0.15) is 26.3 Å². The molecule has 0 unspecified atom stereocenters. The molecular weight excluding hydrogens is 1900 g/mol. The van der Waals surface area contributed by atoms with Crippen LogP contribution in [0.4, 0.5) is 33.2 Å². The quantitative estimate of drug-likeness (QED) is 0.0238. The minimum absolute atomic E-state index is 0.000130. The van der Waals surface area contributed by atoms with Crippen molar-refractivity contribution in [1.29, 1.82) is 26.3 Å².